The zero-order valence-corrected chi connectivity index (χ0v) is 11.9. The predicted octanol–water partition coefficient (Wildman–Crippen LogP) is 1.77. The summed E-state index contributed by atoms with van der Waals surface area (Å²) in [5.74, 6) is 0. The average Bonchev–Trinajstić information content (AvgIpc) is 2.87. The summed E-state index contributed by atoms with van der Waals surface area (Å²) >= 11 is 6.91. The summed E-state index contributed by atoms with van der Waals surface area (Å²) in [5.41, 5.74) is 0. The third-order valence-corrected chi connectivity index (χ3v) is 6.52. The van der Waals surface area contributed by atoms with E-state index in [0.717, 1.165) is 24.2 Å². The molecule has 17 heavy (non-hydrogen) atoms. The Kier molecular flexibility index (Phi) is 4.10. The van der Waals surface area contributed by atoms with Gasteiger partial charge in [-0.2, -0.15) is 4.31 Å². The zero-order chi connectivity index (χ0) is 12.5. The number of rotatable bonds is 4. The summed E-state index contributed by atoms with van der Waals surface area (Å²) in [5, 5.41) is 3.04. The van der Waals surface area contributed by atoms with Crippen molar-refractivity contribution in [1.82, 2.24) is 9.62 Å². The molecule has 7 heteroatoms. The van der Waals surface area contributed by atoms with Gasteiger partial charge in [-0.3, -0.25) is 0 Å². The number of nitrogens with zero attached hydrogens (tertiary/aromatic N) is 1. The van der Waals surface area contributed by atoms with Gasteiger partial charge in [0.1, 0.15) is 4.21 Å². The van der Waals surface area contributed by atoms with E-state index in [9.17, 15) is 8.42 Å². The molecule has 0 bridgehead atoms. The maximum absolute atomic E-state index is 12.4. The van der Waals surface area contributed by atoms with Gasteiger partial charge in [-0.25, -0.2) is 8.42 Å². The second-order valence-electron chi connectivity index (χ2n) is 4.03. The lowest BCUT2D eigenvalue weighted by Crippen LogP contribution is -2.40. The molecule has 1 aromatic rings. The predicted molar refractivity (Wildman–Crippen MR) is 70.2 cm³/mol. The molecule has 0 spiro atoms. The largest absolute Gasteiger partial charge is 0.318 e. The average molecular weight is 295 g/mol. The van der Waals surface area contributed by atoms with E-state index in [1.807, 2.05) is 7.05 Å². The van der Waals surface area contributed by atoms with E-state index in [1.165, 1.54) is 0 Å². The molecule has 1 atom stereocenters. The molecule has 1 fully saturated rings. The molecule has 1 saturated heterocycles. The van der Waals surface area contributed by atoms with E-state index in [1.54, 1.807) is 16.4 Å². The smallest absolute Gasteiger partial charge is 0.252 e. The Morgan fingerprint density at radius 2 is 2.35 bits per heavy atom. The van der Waals surface area contributed by atoms with Crippen molar-refractivity contribution < 1.29 is 8.42 Å². The summed E-state index contributed by atoms with van der Waals surface area (Å²) < 4.78 is 27.2. The highest BCUT2D eigenvalue weighted by atomic mass is 35.5. The molecule has 1 N–H and O–H groups in total. The standard InChI is InChI=1S/C10H15ClN2O2S2/c1-12-7-8-3-2-6-13(8)17(14,15)10-5-4-9(11)16-10/h4-5,8,12H,2-3,6-7H2,1H3. The van der Waals surface area contributed by atoms with Crippen molar-refractivity contribution in [3.63, 3.8) is 0 Å². The number of hydrogen-bond donors (Lipinski definition) is 1. The minimum atomic E-state index is -3.36. The van der Waals surface area contributed by atoms with Crippen LogP contribution in [0.25, 0.3) is 0 Å². The lowest BCUT2D eigenvalue weighted by Gasteiger charge is -2.22. The van der Waals surface area contributed by atoms with Crippen molar-refractivity contribution in [3.05, 3.63) is 16.5 Å². The first-order valence-corrected chi connectivity index (χ1v) is 8.11. The van der Waals surface area contributed by atoms with Gasteiger partial charge >= 0.3 is 0 Å². The summed E-state index contributed by atoms with van der Waals surface area (Å²) in [6, 6.07) is 3.27. The second-order valence-corrected chi connectivity index (χ2v) is 7.86. The van der Waals surface area contributed by atoms with Crippen molar-refractivity contribution >= 4 is 33.0 Å². The van der Waals surface area contributed by atoms with Crippen molar-refractivity contribution in [2.45, 2.75) is 23.1 Å². The summed E-state index contributed by atoms with van der Waals surface area (Å²) in [6.45, 7) is 1.29. The molecule has 0 aromatic carbocycles. The van der Waals surface area contributed by atoms with Crippen LogP contribution in [0.2, 0.25) is 4.34 Å². The number of thiophene rings is 1. The van der Waals surface area contributed by atoms with Crippen LogP contribution in [-0.2, 0) is 10.0 Å². The molecule has 1 aliphatic rings. The molecule has 1 aromatic heterocycles. The Morgan fingerprint density at radius 1 is 1.59 bits per heavy atom. The van der Waals surface area contributed by atoms with Crippen LogP contribution in [0.3, 0.4) is 0 Å². The molecule has 2 heterocycles. The van der Waals surface area contributed by atoms with Crippen LogP contribution < -0.4 is 5.32 Å². The Bertz CT molecular complexity index is 486. The van der Waals surface area contributed by atoms with Gasteiger partial charge in [-0.1, -0.05) is 11.6 Å². The molecule has 0 aliphatic carbocycles. The Morgan fingerprint density at radius 3 is 2.94 bits per heavy atom. The molecule has 1 unspecified atom stereocenters. The highest BCUT2D eigenvalue weighted by Gasteiger charge is 2.35. The topological polar surface area (TPSA) is 49.4 Å². The van der Waals surface area contributed by atoms with Crippen molar-refractivity contribution in [1.29, 1.82) is 0 Å². The van der Waals surface area contributed by atoms with Crippen LogP contribution in [0, 0.1) is 0 Å². The third kappa shape index (κ3) is 2.66. The van der Waals surface area contributed by atoms with Gasteiger partial charge < -0.3 is 5.32 Å². The number of nitrogens with one attached hydrogen (secondary N) is 1. The highest BCUT2D eigenvalue weighted by molar-refractivity contribution is 7.91. The fraction of sp³-hybridized carbons (Fsp3) is 0.600. The molecule has 0 radical (unpaired) electrons. The molecule has 96 valence electrons. The molecule has 0 amide bonds. The molecular weight excluding hydrogens is 280 g/mol. The zero-order valence-electron chi connectivity index (χ0n) is 9.52. The first kappa shape index (κ1) is 13.3. The second kappa shape index (κ2) is 5.24. The Hall–Kier alpha value is -0.140. The summed E-state index contributed by atoms with van der Waals surface area (Å²) in [6.07, 6.45) is 1.84. The summed E-state index contributed by atoms with van der Waals surface area (Å²) in [4.78, 5) is 0. The van der Waals surface area contributed by atoms with Gasteiger partial charge in [-0.15, -0.1) is 11.3 Å². The number of halogens is 1. The Labute approximate surface area is 111 Å². The van der Waals surface area contributed by atoms with Gasteiger partial charge in [0.2, 0.25) is 0 Å². The lowest BCUT2D eigenvalue weighted by molar-refractivity contribution is 0.380. The molecule has 0 saturated carbocycles. The van der Waals surface area contributed by atoms with Crippen molar-refractivity contribution in [2.24, 2.45) is 0 Å². The van der Waals surface area contributed by atoms with Crippen LogP contribution in [0.4, 0.5) is 0 Å². The maximum atomic E-state index is 12.4. The van der Waals surface area contributed by atoms with Crippen LogP contribution in [0.1, 0.15) is 12.8 Å². The van der Waals surface area contributed by atoms with Crippen LogP contribution >= 0.6 is 22.9 Å². The molecule has 1 aliphatic heterocycles. The van der Waals surface area contributed by atoms with Gasteiger partial charge in [0.05, 0.1) is 4.34 Å². The van der Waals surface area contributed by atoms with Crippen molar-refractivity contribution in [3.8, 4) is 0 Å². The van der Waals surface area contributed by atoms with E-state index >= 15 is 0 Å². The fourth-order valence-corrected chi connectivity index (χ4v) is 5.42. The quantitative estimate of drug-likeness (QED) is 0.921. The van der Waals surface area contributed by atoms with Gasteiger partial charge in [0, 0.05) is 19.1 Å². The Balaban J connectivity index is 2.26. The SMILES string of the molecule is CNCC1CCCN1S(=O)(=O)c1ccc(Cl)s1. The van der Waals surface area contributed by atoms with Gasteiger partial charge in [0.25, 0.3) is 10.0 Å². The third-order valence-electron chi connectivity index (χ3n) is 2.87. The first-order valence-electron chi connectivity index (χ1n) is 5.47. The van der Waals surface area contributed by atoms with Gasteiger partial charge in [-0.05, 0) is 32.0 Å². The van der Waals surface area contributed by atoms with Crippen LogP contribution in [0.5, 0.6) is 0 Å². The fourth-order valence-electron chi connectivity index (χ4n) is 2.12. The molecule has 2 rings (SSSR count). The van der Waals surface area contributed by atoms with E-state index in [0.29, 0.717) is 21.6 Å². The lowest BCUT2D eigenvalue weighted by atomic mass is 10.2. The highest BCUT2D eigenvalue weighted by Crippen LogP contribution is 2.31. The van der Waals surface area contributed by atoms with Crippen LogP contribution in [-0.4, -0.2) is 38.9 Å². The van der Waals surface area contributed by atoms with Crippen LogP contribution in [0.15, 0.2) is 16.3 Å². The number of sulfonamides is 1. The van der Waals surface area contributed by atoms with Crippen molar-refractivity contribution in [2.75, 3.05) is 20.1 Å². The van der Waals surface area contributed by atoms with E-state index in [2.05, 4.69) is 5.32 Å². The minimum Gasteiger partial charge on any atom is -0.318 e. The monoisotopic (exact) mass is 294 g/mol. The van der Waals surface area contributed by atoms with E-state index in [4.69, 9.17) is 11.6 Å². The van der Waals surface area contributed by atoms with E-state index < -0.39 is 10.0 Å². The van der Waals surface area contributed by atoms with Gasteiger partial charge in [0.15, 0.2) is 0 Å². The molecular formula is C10H15ClN2O2S2. The normalized spacial score (nSPS) is 22.1. The summed E-state index contributed by atoms with van der Waals surface area (Å²) in [7, 11) is -1.52. The minimum absolute atomic E-state index is 0.0610. The number of likely N-dealkylation sites (N-methyl/N-ethyl adjacent to an activating group) is 1. The first-order chi connectivity index (χ1) is 8.05. The maximum Gasteiger partial charge on any atom is 0.252 e. The number of hydrogen-bond acceptors (Lipinski definition) is 4. The van der Waals surface area contributed by atoms with E-state index in [-0.39, 0.29) is 6.04 Å². The molecule has 4 nitrogen and oxygen atoms in total.